The summed E-state index contributed by atoms with van der Waals surface area (Å²) in [6, 6.07) is 30.7. The number of thiophene rings is 1. The third-order valence-corrected chi connectivity index (χ3v) is 10.4. The molecule has 0 fully saturated rings. The molecule has 0 atom stereocenters. The normalized spacial score (nSPS) is 11.2. The highest BCUT2D eigenvalue weighted by molar-refractivity contribution is 14.1. The van der Waals surface area contributed by atoms with Crippen LogP contribution in [0.25, 0.3) is 0 Å². The van der Waals surface area contributed by atoms with Crippen molar-refractivity contribution < 1.29 is 9.53 Å². The molecule has 0 aliphatic carbocycles. The molecule has 0 aliphatic heterocycles. The predicted molar refractivity (Wildman–Crippen MR) is 133 cm³/mol. The molecule has 0 unspecified atom stereocenters. The molecule has 29 heavy (non-hydrogen) atoms. The van der Waals surface area contributed by atoms with Crippen molar-refractivity contribution in [2.75, 3.05) is 0 Å². The number of esters is 1. The first-order chi connectivity index (χ1) is 14.1. The molecule has 1 aromatic heterocycles. The SMILES string of the molecule is O=C(Oc1ccc([SH](c2ccccc2)c2ccccc2)cc1)c1cc(I)c(Br)s1. The maximum Gasteiger partial charge on any atom is 0.353 e. The molecule has 4 aromatic rings. The van der Waals surface area contributed by atoms with Crippen LogP contribution in [-0.4, -0.2) is 5.97 Å². The Bertz CT molecular complexity index is 1050. The summed E-state index contributed by atoms with van der Waals surface area (Å²) in [5, 5.41) is 0. The number of rotatable bonds is 5. The lowest BCUT2D eigenvalue weighted by Crippen LogP contribution is -2.06. The Kier molecular flexibility index (Phi) is 6.74. The average molecular weight is 595 g/mol. The van der Waals surface area contributed by atoms with Crippen LogP contribution >= 0.6 is 60.8 Å². The largest absolute Gasteiger partial charge is 0.422 e. The third kappa shape index (κ3) is 4.94. The van der Waals surface area contributed by atoms with Crippen LogP contribution in [0, 0.1) is 3.57 Å². The number of benzene rings is 3. The number of carbonyl (C=O) groups is 1. The molecule has 146 valence electrons. The summed E-state index contributed by atoms with van der Waals surface area (Å²) in [5.74, 6) is 0.217. The van der Waals surface area contributed by atoms with Crippen LogP contribution in [0.3, 0.4) is 0 Å². The van der Waals surface area contributed by atoms with Crippen molar-refractivity contribution in [1.82, 2.24) is 0 Å². The summed E-state index contributed by atoms with van der Waals surface area (Å²) in [6.45, 7) is 0. The standard InChI is InChI=1S/C23H16BrIO2S2/c24-22-20(25)15-21(28-22)23(26)27-16-11-13-19(14-12-16)29(17-7-3-1-4-8-17)18-9-5-2-6-10-18/h1-15,29H. The average Bonchev–Trinajstić information content (AvgIpc) is 3.10. The summed E-state index contributed by atoms with van der Waals surface area (Å²) >= 11 is 7.02. The van der Waals surface area contributed by atoms with Gasteiger partial charge >= 0.3 is 5.97 Å². The first kappa shape index (κ1) is 20.7. The number of hydrogen-bond acceptors (Lipinski definition) is 3. The Morgan fingerprint density at radius 3 is 1.83 bits per heavy atom. The van der Waals surface area contributed by atoms with Gasteiger partial charge in [0.1, 0.15) is 10.6 Å². The molecule has 3 aromatic carbocycles. The minimum Gasteiger partial charge on any atom is -0.422 e. The zero-order valence-electron chi connectivity index (χ0n) is 15.1. The molecular formula is C23H16BrIO2S2. The van der Waals surface area contributed by atoms with Gasteiger partial charge in [-0.1, -0.05) is 36.4 Å². The highest BCUT2D eigenvalue weighted by Gasteiger charge is 2.16. The minimum absolute atomic E-state index is 0.334. The van der Waals surface area contributed by atoms with Gasteiger partial charge in [-0.15, -0.1) is 11.3 Å². The fraction of sp³-hybridized carbons (Fsp3) is 0. The Hall–Kier alpha value is -1.61. The van der Waals surface area contributed by atoms with E-state index in [1.165, 1.54) is 26.0 Å². The lowest BCUT2D eigenvalue weighted by molar-refractivity contribution is 0.0739. The maximum absolute atomic E-state index is 12.4. The van der Waals surface area contributed by atoms with Crippen molar-refractivity contribution in [2.24, 2.45) is 0 Å². The van der Waals surface area contributed by atoms with Gasteiger partial charge in [-0.05, 0) is 108 Å². The monoisotopic (exact) mass is 594 g/mol. The molecule has 0 saturated carbocycles. The van der Waals surface area contributed by atoms with E-state index < -0.39 is 10.9 Å². The Morgan fingerprint density at radius 1 is 0.828 bits per heavy atom. The van der Waals surface area contributed by atoms with Gasteiger partial charge in [0.2, 0.25) is 0 Å². The molecule has 6 heteroatoms. The molecule has 0 amide bonds. The van der Waals surface area contributed by atoms with Crippen LogP contribution in [-0.2, 0) is 0 Å². The van der Waals surface area contributed by atoms with Gasteiger partial charge in [0.25, 0.3) is 0 Å². The van der Waals surface area contributed by atoms with E-state index in [4.69, 9.17) is 4.74 Å². The molecule has 2 nitrogen and oxygen atoms in total. The molecule has 4 rings (SSSR count). The van der Waals surface area contributed by atoms with Crippen LogP contribution in [0.1, 0.15) is 9.67 Å². The van der Waals surface area contributed by atoms with Crippen molar-refractivity contribution in [3.8, 4) is 5.75 Å². The van der Waals surface area contributed by atoms with Crippen molar-refractivity contribution in [2.45, 2.75) is 14.7 Å². The Balaban J connectivity index is 1.60. The second-order valence-electron chi connectivity index (χ2n) is 6.12. The maximum atomic E-state index is 12.4. The van der Waals surface area contributed by atoms with E-state index in [1.807, 2.05) is 30.3 Å². The van der Waals surface area contributed by atoms with Crippen LogP contribution in [0.4, 0.5) is 0 Å². The number of thiol groups is 1. The highest BCUT2D eigenvalue weighted by atomic mass is 127. The summed E-state index contributed by atoms with van der Waals surface area (Å²) in [6.07, 6.45) is 0. The van der Waals surface area contributed by atoms with Crippen molar-refractivity contribution in [3.05, 3.63) is 103 Å². The van der Waals surface area contributed by atoms with E-state index in [0.717, 1.165) is 7.36 Å². The van der Waals surface area contributed by atoms with Gasteiger partial charge in [-0.25, -0.2) is 4.79 Å². The zero-order valence-corrected chi connectivity index (χ0v) is 20.5. The van der Waals surface area contributed by atoms with Crippen molar-refractivity contribution >= 4 is 66.7 Å². The molecule has 0 radical (unpaired) electrons. The van der Waals surface area contributed by atoms with Gasteiger partial charge in [0.15, 0.2) is 0 Å². The van der Waals surface area contributed by atoms with E-state index in [0.29, 0.717) is 10.6 Å². The third-order valence-electron chi connectivity index (χ3n) is 4.18. The highest BCUT2D eigenvalue weighted by Crippen LogP contribution is 2.51. The van der Waals surface area contributed by atoms with E-state index in [2.05, 4.69) is 99.2 Å². The number of halogens is 2. The van der Waals surface area contributed by atoms with Gasteiger partial charge in [0, 0.05) is 3.57 Å². The molecule has 0 bridgehead atoms. The lowest BCUT2D eigenvalue weighted by Gasteiger charge is -2.23. The number of hydrogen-bond donors (Lipinski definition) is 1. The van der Waals surface area contributed by atoms with Crippen LogP contribution < -0.4 is 4.74 Å². The van der Waals surface area contributed by atoms with Crippen molar-refractivity contribution in [3.63, 3.8) is 0 Å². The number of ether oxygens (including phenoxy) is 1. The second-order valence-corrected chi connectivity index (χ2v) is 11.9. The van der Waals surface area contributed by atoms with E-state index in [1.54, 1.807) is 0 Å². The Labute approximate surface area is 198 Å². The molecular weight excluding hydrogens is 579 g/mol. The predicted octanol–water partition coefficient (Wildman–Crippen LogP) is 7.81. The molecule has 0 spiro atoms. The van der Waals surface area contributed by atoms with Crippen LogP contribution in [0.15, 0.2) is 109 Å². The molecule has 1 heterocycles. The van der Waals surface area contributed by atoms with Crippen molar-refractivity contribution in [1.29, 1.82) is 0 Å². The summed E-state index contributed by atoms with van der Waals surface area (Å²) in [4.78, 5) is 16.8. The number of carbonyl (C=O) groups excluding carboxylic acids is 1. The smallest absolute Gasteiger partial charge is 0.353 e. The first-order valence-corrected chi connectivity index (χ1v) is 12.8. The lowest BCUT2D eigenvalue weighted by atomic mass is 10.3. The van der Waals surface area contributed by atoms with Gasteiger partial charge in [-0.3, -0.25) is 0 Å². The topological polar surface area (TPSA) is 26.3 Å². The van der Waals surface area contributed by atoms with Gasteiger partial charge in [0.05, 0.1) is 3.79 Å². The molecule has 0 aliphatic rings. The fourth-order valence-electron chi connectivity index (χ4n) is 2.87. The quantitative estimate of drug-likeness (QED) is 0.110. The molecule has 0 N–H and O–H groups in total. The van der Waals surface area contributed by atoms with Gasteiger partial charge < -0.3 is 4.74 Å². The zero-order chi connectivity index (χ0) is 20.2. The van der Waals surface area contributed by atoms with Crippen LogP contribution in [0.5, 0.6) is 5.75 Å². The van der Waals surface area contributed by atoms with Crippen LogP contribution in [0.2, 0.25) is 0 Å². The molecule has 0 saturated heterocycles. The summed E-state index contributed by atoms with van der Waals surface area (Å²) in [5.41, 5.74) is 0. The fourth-order valence-corrected chi connectivity index (χ4v) is 7.29. The van der Waals surface area contributed by atoms with E-state index >= 15 is 0 Å². The second kappa shape index (κ2) is 9.47. The van der Waals surface area contributed by atoms with Gasteiger partial charge in [-0.2, -0.15) is 10.9 Å². The van der Waals surface area contributed by atoms with E-state index in [9.17, 15) is 4.79 Å². The van der Waals surface area contributed by atoms with E-state index in [-0.39, 0.29) is 5.97 Å². The first-order valence-electron chi connectivity index (χ1n) is 8.79. The summed E-state index contributed by atoms with van der Waals surface area (Å²) in [7, 11) is -0.669. The minimum atomic E-state index is -0.669. The Morgan fingerprint density at radius 2 is 1.34 bits per heavy atom. The summed E-state index contributed by atoms with van der Waals surface area (Å²) < 4.78 is 7.52.